The Bertz CT molecular complexity index is 1000. The Labute approximate surface area is 138 Å². The minimum atomic E-state index is -2.57. The number of hydrogen-bond acceptors (Lipinski definition) is 6. The number of aromatic amines is 1. The number of hydrogen-bond donors (Lipinski definition) is 1. The van der Waals surface area contributed by atoms with Crippen molar-refractivity contribution >= 4 is 5.82 Å². The lowest BCUT2D eigenvalue weighted by molar-refractivity contribution is 0.0518. The molecule has 2 aliphatic rings. The molecule has 1 aliphatic heterocycles. The van der Waals surface area contributed by atoms with Crippen LogP contribution in [0.15, 0.2) is 35.8 Å². The highest BCUT2D eigenvalue weighted by Gasteiger charge is 2.76. The lowest BCUT2D eigenvalue weighted by Gasteiger charge is -2.40. The third-order valence-electron chi connectivity index (χ3n) is 4.81. The van der Waals surface area contributed by atoms with Gasteiger partial charge in [0.2, 0.25) is 0 Å². The highest BCUT2D eigenvalue weighted by Crippen LogP contribution is 2.65. The fraction of sp³-hybridized carbons (Fsp3) is 0.357. The first-order valence-corrected chi connectivity index (χ1v) is 7.61. The highest BCUT2D eigenvalue weighted by atomic mass is 19.3. The maximum Gasteiger partial charge on any atom is 0.298 e. The van der Waals surface area contributed by atoms with Gasteiger partial charge in [-0.2, -0.15) is 4.68 Å². The van der Waals surface area contributed by atoms with E-state index < -0.39 is 11.3 Å². The third kappa shape index (κ3) is 1.95. The molecule has 5 rings (SSSR count). The van der Waals surface area contributed by atoms with Crippen LogP contribution in [0.2, 0.25) is 0 Å². The predicted molar refractivity (Wildman–Crippen MR) is 81.1 cm³/mol. The van der Waals surface area contributed by atoms with Crippen molar-refractivity contribution in [3.8, 4) is 11.5 Å². The molecule has 3 aromatic heterocycles. The van der Waals surface area contributed by atoms with Gasteiger partial charge in [0, 0.05) is 25.6 Å². The minimum absolute atomic E-state index is 0.0637. The highest BCUT2D eigenvalue weighted by molar-refractivity contribution is 5.49. The molecule has 3 aromatic rings. The summed E-state index contributed by atoms with van der Waals surface area (Å²) in [5.74, 6) is -1.73. The molecular formula is C14H12F2N8O. The largest absolute Gasteiger partial charge is 0.355 e. The van der Waals surface area contributed by atoms with Gasteiger partial charge in [-0.15, -0.1) is 5.10 Å². The molecule has 4 heterocycles. The van der Waals surface area contributed by atoms with Crippen LogP contribution < -0.4 is 10.5 Å². The molecule has 0 amide bonds. The van der Waals surface area contributed by atoms with Crippen LogP contribution in [0.5, 0.6) is 0 Å². The van der Waals surface area contributed by atoms with E-state index in [0.29, 0.717) is 11.6 Å². The molecule has 2 fully saturated rings. The first kappa shape index (κ1) is 14.3. The Morgan fingerprint density at radius 2 is 1.96 bits per heavy atom. The van der Waals surface area contributed by atoms with E-state index >= 15 is 0 Å². The van der Waals surface area contributed by atoms with Crippen molar-refractivity contribution in [3.63, 3.8) is 0 Å². The van der Waals surface area contributed by atoms with Crippen LogP contribution in [-0.2, 0) is 0 Å². The van der Waals surface area contributed by atoms with Gasteiger partial charge in [0.25, 0.3) is 11.5 Å². The number of alkyl halides is 2. The smallest absolute Gasteiger partial charge is 0.298 e. The number of nitrogens with zero attached hydrogens (tertiary/aromatic N) is 7. The van der Waals surface area contributed by atoms with E-state index in [0.717, 1.165) is 0 Å². The van der Waals surface area contributed by atoms with Crippen molar-refractivity contribution in [1.82, 2.24) is 34.7 Å². The van der Waals surface area contributed by atoms with E-state index in [4.69, 9.17) is 0 Å². The summed E-state index contributed by atoms with van der Waals surface area (Å²) in [5.41, 5.74) is -0.955. The quantitative estimate of drug-likeness (QED) is 0.736. The summed E-state index contributed by atoms with van der Waals surface area (Å²) < 4.78 is 29.2. The van der Waals surface area contributed by atoms with Crippen LogP contribution in [0.1, 0.15) is 6.42 Å². The molecule has 0 unspecified atom stereocenters. The average molecular weight is 346 g/mol. The number of anilines is 1. The summed E-state index contributed by atoms with van der Waals surface area (Å²) in [6, 6.07) is 1.59. The third-order valence-corrected chi connectivity index (χ3v) is 4.81. The summed E-state index contributed by atoms with van der Waals surface area (Å²) in [6.45, 7) is 0.528. The van der Waals surface area contributed by atoms with Gasteiger partial charge in [-0.1, -0.05) is 5.21 Å². The molecule has 0 atom stereocenters. The van der Waals surface area contributed by atoms with Gasteiger partial charge in [-0.3, -0.25) is 9.89 Å². The second-order valence-electron chi connectivity index (χ2n) is 6.40. The van der Waals surface area contributed by atoms with E-state index in [9.17, 15) is 13.6 Å². The standard InChI is InChI=1S/C14H12F2N8O/c15-14(16)5-13(14)6-22(7-13)10-3-11(18-8-17-10)24-12(25)9(4-20-24)23-2-1-19-21-23/h1-4,8,20H,5-7H2. The van der Waals surface area contributed by atoms with Gasteiger partial charge in [0.05, 0.1) is 24.0 Å². The zero-order valence-corrected chi connectivity index (χ0v) is 12.8. The number of H-pyrrole nitrogens is 1. The average Bonchev–Trinajstić information content (AvgIpc) is 2.94. The van der Waals surface area contributed by atoms with Crippen molar-refractivity contribution < 1.29 is 8.78 Å². The first-order valence-electron chi connectivity index (χ1n) is 7.61. The predicted octanol–water partition coefficient (Wildman–Crippen LogP) is 0.382. The summed E-state index contributed by atoms with van der Waals surface area (Å²) in [7, 11) is 0. The van der Waals surface area contributed by atoms with Crippen LogP contribution in [0.25, 0.3) is 11.5 Å². The van der Waals surface area contributed by atoms with Crippen LogP contribution in [-0.4, -0.2) is 53.8 Å². The molecule has 0 aromatic carbocycles. The number of aromatic nitrogens is 7. The van der Waals surface area contributed by atoms with Crippen molar-refractivity contribution in [1.29, 1.82) is 0 Å². The van der Waals surface area contributed by atoms with Crippen LogP contribution in [0.3, 0.4) is 0 Å². The fourth-order valence-electron chi connectivity index (χ4n) is 3.23. The van der Waals surface area contributed by atoms with Crippen LogP contribution in [0.4, 0.5) is 14.6 Å². The fourth-order valence-corrected chi connectivity index (χ4v) is 3.23. The maximum atomic E-state index is 13.3. The van der Waals surface area contributed by atoms with Crippen LogP contribution in [0, 0.1) is 5.41 Å². The van der Waals surface area contributed by atoms with Crippen molar-refractivity contribution in [2.75, 3.05) is 18.0 Å². The van der Waals surface area contributed by atoms with Gasteiger partial charge < -0.3 is 4.90 Å². The molecule has 1 aliphatic carbocycles. The zero-order chi connectivity index (χ0) is 17.2. The second-order valence-corrected chi connectivity index (χ2v) is 6.40. The monoisotopic (exact) mass is 346 g/mol. The lowest BCUT2D eigenvalue weighted by Crippen LogP contribution is -2.51. The molecule has 0 radical (unpaired) electrons. The first-order chi connectivity index (χ1) is 12.0. The van der Waals surface area contributed by atoms with Crippen molar-refractivity contribution in [2.45, 2.75) is 12.3 Å². The SMILES string of the molecule is O=c1c(-n2ccnn2)c[nH]n1-c1cc(N2CC3(C2)CC3(F)F)ncn1. The molecule has 25 heavy (non-hydrogen) atoms. The molecule has 1 saturated heterocycles. The van der Waals surface area contributed by atoms with E-state index in [1.807, 2.05) is 0 Å². The van der Waals surface area contributed by atoms with E-state index in [1.54, 1.807) is 17.2 Å². The Morgan fingerprint density at radius 3 is 2.64 bits per heavy atom. The van der Waals surface area contributed by atoms with Gasteiger partial charge in [-0.05, 0) is 0 Å². The van der Waals surface area contributed by atoms with E-state index in [1.165, 1.54) is 28.1 Å². The lowest BCUT2D eigenvalue weighted by atomic mass is 9.96. The molecule has 1 spiro atoms. The topological polar surface area (TPSA) is 97.5 Å². The Morgan fingerprint density at radius 1 is 1.20 bits per heavy atom. The van der Waals surface area contributed by atoms with Gasteiger partial charge in [0.1, 0.15) is 12.1 Å². The molecule has 1 saturated carbocycles. The minimum Gasteiger partial charge on any atom is -0.355 e. The van der Waals surface area contributed by atoms with Gasteiger partial charge in [0.15, 0.2) is 11.5 Å². The molecule has 9 nitrogen and oxygen atoms in total. The summed E-state index contributed by atoms with van der Waals surface area (Å²) in [4.78, 5) is 22.5. The molecule has 1 N–H and O–H groups in total. The molecule has 11 heteroatoms. The molecule has 0 bridgehead atoms. The second kappa shape index (κ2) is 4.49. The van der Waals surface area contributed by atoms with E-state index in [2.05, 4.69) is 25.4 Å². The zero-order valence-electron chi connectivity index (χ0n) is 12.8. The number of rotatable bonds is 3. The number of nitrogens with one attached hydrogen (secondary N) is 1. The summed E-state index contributed by atoms with van der Waals surface area (Å²) in [5, 5.41) is 10.3. The Hall–Kier alpha value is -3.11. The normalized spacial score (nSPS) is 19.8. The summed E-state index contributed by atoms with van der Waals surface area (Å²) in [6.07, 6.45) is 5.75. The Balaban J connectivity index is 1.44. The van der Waals surface area contributed by atoms with Gasteiger partial charge >= 0.3 is 0 Å². The molecule has 128 valence electrons. The molecular weight excluding hydrogens is 334 g/mol. The van der Waals surface area contributed by atoms with Crippen molar-refractivity contribution in [3.05, 3.63) is 41.3 Å². The Kier molecular flexibility index (Phi) is 2.56. The summed E-state index contributed by atoms with van der Waals surface area (Å²) >= 11 is 0. The van der Waals surface area contributed by atoms with Crippen molar-refractivity contribution in [2.24, 2.45) is 5.41 Å². The van der Waals surface area contributed by atoms with E-state index in [-0.39, 0.29) is 30.8 Å². The maximum absolute atomic E-state index is 13.3. The van der Waals surface area contributed by atoms with Crippen LogP contribution >= 0.6 is 0 Å². The number of halogens is 2. The van der Waals surface area contributed by atoms with Gasteiger partial charge in [-0.25, -0.2) is 23.4 Å².